The number of nitrogens with zero attached hydrogens (tertiary/aromatic N) is 2. The molecule has 96 valence electrons. The standard InChI is InChI=1S/C15H12Cl2N2/c1-10-5-3-7-12(16)14(10)18-9-19-15-11(2)6-4-8-13(15)17/h3-8H,1-2H3. The highest BCUT2D eigenvalue weighted by Gasteiger charge is 2.02. The topological polar surface area (TPSA) is 24.7 Å². The van der Waals surface area contributed by atoms with Gasteiger partial charge >= 0.3 is 0 Å². The Hall–Kier alpha value is -1.60. The molecule has 0 fully saturated rings. The van der Waals surface area contributed by atoms with Gasteiger partial charge in [0.1, 0.15) is 6.01 Å². The van der Waals surface area contributed by atoms with Crippen molar-refractivity contribution < 1.29 is 0 Å². The summed E-state index contributed by atoms with van der Waals surface area (Å²) in [4.78, 5) is 8.35. The third kappa shape index (κ3) is 3.24. The minimum absolute atomic E-state index is 0.582. The highest BCUT2D eigenvalue weighted by atomic mass is 35.5. The van der Waals surface area contributed by atoms with E-state index in [4.69, 9.17) is 23.2 Å². The summed E-state index contributed by atoms with van der Waals surface area (Å²) in [5.74, 6) is 0. The molecule has 0 spiro atoms. The van der Waals surface area contributed by atoms with Crippen molar-refractivity contribution in [2.45, 2.75) is 13.8 Å². The SMILES string of the molecule is Cc1cccc(Cl)c1N=C=Nc1c(C)cccc1Cl. The van der Waals surface area contributed by atoms with Gasteiger partial charge in [-0.3, -0.25) is 0 Å². The van der Waals surface area contributed by atoms with Crippen molar-refractivity contribution in [3.8, 4) is 0 Å². The summed E-state index contributed by atoms with van der Waals surface area (Å²) in [5, 5.41) is 1.16. The van der Waals surface area contributed by atoms with Gasteiger partial charge in [0.2, 0.25) is 0 Å². The fourth-order valence-electron chi connectivity index (χ4n) is 1.65. The molecule has 0 aliphatic rings. The molecule has 0 atom stereocenters. The smallest absolute Gasteiger partial charge is 0.101 e. The third-order valence-corrected chi connectivity index (χ3v) is 3.31. The summed E-state index contributed by atoms with van der Waals surface area (Å²) < 4.78 is 0. The van der Waals surface area contributed by atoms with Crippen molar-refractivity contribution in [2.75, 3.05) is 0 Å². The molecule has 0 radical (unpaired) electrons. The number of hydrogen-bond acceptors (Lipinski definition) is 2. The monoisotopic (exact) mass is 290 g/mol. The zero-order valence-corrected chi connectivity index (χ0v) is 12.1. The molecule has 2 nitrogen and oxygen atoms in total. The van der Waals surface area contributed by atoms with Crippen LogP contribution in [0.1, 0.15) is 11.1 Å². The van der Waals surface area contributed by atoms with Crippen LogP contribution in [0.4, 0.5) is 11.4 Å². The zero-order valence-electron chi connectivity index (χ0n) is 10.6. The minimum atomic E-state index is 0.582. The molecule has 19 heavy (non-hydrogen) atoms. The number of benzene rings is 2. The molecule has 0 aromatic heterocycles. The average Bonchev–Trinajstić information content (AvgIpc) is 2.36. The number of para-hydroxylation sites is 2. The number of hydrogen-bond donors (Lipinski definition) is 0. The van der Waals surface area contributed by atoms with Crippen LogP contribution in [-0.2, 0) is 0 Å². The van der Waals surface area contributed by atoms with Crippen LogP contribution >= 0.6 is 23.2 Å². The normalized spacial score (nSPS) is 9.89. The van der Waals surface area contributed by atoms with E-state index in [1.165, 1.54) is 0 Å². The summed E-state index contributed by atoms with van der Waals surface area (Å²) in [6.07, 6.45) is 0. The maximum atomic E-state index is 6.07. The van der Waals surface area contributed by atoms with E-state index in [0.29, 0.717) is 21.4 Å². The van der Waals surface area contributed by atoms with Gasteiger partial charge in [0.25, 0.3) is 0 Å². The highest BCUT2D eigenvalue weighted by Crippen LogP contribution is 2.29. The summed E-state index contributed by atoms with van der Waals surface area (Å²) in [6.45, 7) is 3.88. The van der Waals surface area contributed by atoms with Gasteiger partial charge in [-0.15, -0.1) is 0 Å². The van der Waals surface area contributed by atoms with Crippen LogP contribution in [0.25, 0.3) is 0 Å². The molecule has 0 N–H and O–H groups in total. The quantitative estimate of drug-likeness (QED) is 0.630. The molecular weight excluding hydrogens is 279 g/mol. The van der Waals surface area contributed by atoms with E-state index in [9.17, 15) is 0 Å². The molecule has 2 aromatic carbocycles. The maximum absolute atomic E-state index is 6.07. The van der Waals surface area contributed by atoms with Crippen molar-refractivity contribution in [3.63, 3.8) is 0 Å². The van der Waals surface area contributed by atoms with Gasteiger partial charge in [-0.1, -0.05) is 47.5 Å². The molecule has 0 heterocycles. The van der Waals surface area contributed by atoms with Crippen LogP contribution in [0.5, 0.6) is 0 Å². The van der Waals surface area contributed by atoms with E-state index in [-0.39, 0.29) is 0 Å². The first kappa shape index (κ1) is 13.8. The van der Waals surface area contributed by atoms with E-state index in [1.54, 1.807) is 12.1 Å². The Balaban J connectivity index is 2.40. The predicted molar refractivity (Wildman–Crippen MR) is 81.6 cm³/mol. The average molecular weight is 291 g/mol. The van der Waals surface area contributed by atoms with Crippen molar-refractivity contribution >= 4 is 40.6 Å². The highest BCUT2D eigenvalue weighted by molar-refractivity contribution is 6.33. The Kier molecular flexibility index (Phi) is 4.39. The van der Waals surface area contributed by atoms with Crippen molar-refractivity contribution in [1.29, 1.82) is 0 Å². The second kappa shape index (κ2) is 6.03. The number of rotatable bonds is 2. The Bertz CT molecular complexity index is 576. The first-order valence-electron chi connectivity index (χ1n) is 5.76. The van der Waals surface area contributed by atoms with Gasteiger partial charge in [-0.2, -0.15) is 9.98 Å². The van der Waals surface area contributed by atoms with Crippen LogP contribution in [-0.4, -0.2) is 6.01 Å². The number of aliphatic imine (C=N–C) groups is 2. The Morgan fingerprint density at radius 1 is 0.789 bits per heavy atom. The largest absolute Gasteiger partial charge is 0.186 e. The van der Waals surface area contributed by atoms with E-state index in [1.807, 2.05) is 38.1 Å². The van der Waals surface area contributed by atoms with Gasteiger partial charge in [-0.05, 0) is 37.1 Å². The number of halogens is 2. The van der Waals surface area contributed by atoms with Crippen LogP contribution < -0.4 is 0 Å². The summed E-state index contributed by atoms with van der Waals surface area (Å²) in [5.41, 5.74) is 3.31. The van der Waals surface area contributed by atoms with Gasteiger partial charge < -0.3 is 0 Å². The van der Waals surface area contributed by atoms with Crippen molar-refractivity contribution in [3.05, 3.63) is 57.6 Å². The summed E-state index contributed by atoms with van der Waals surface area (Å²) >= 11 is 12.1. The van der Waals surface area contributed by atoms with Crippen LogP contribution in [0.2, 0.25) is 10.0 Å². The van der Waals surface area contributed by atoms with Gasteiger partial charge in [-0.25, -0.2) is 0 Å². The Morgan fingerprint density at radius 2 is 1.21 bits per heavy atom. The first-order valence-corrected chi connectivity index (χ1v) is 6.52. The molecule has 0 unspecified atom stereocenters. The molecular formula is C15H12Cl2N2. The molecule has 0 bridgehead atoms. The molecule has 0 saturated carbocycles. The van der Waals surface area contributed by atoms with Crippen molar-refractivity contribution in [2.24, 2.45) is 9.98 Å². The lowest BCUT2D eigenvalue weighted by Crippen LogP contribution is -1.76. The Morgan fingerprint density at radius 3 is 1.58 bits per heavy atom. The van der Waals surface area contributed by atoms with Crippen molar-refractivity contribution in [1.82, 2.24) is 0 Å². The second-order valence-corrected chi connectivity index (χ2v) is 4.95. The lowest BCUT2D eigenvalue weighted by molar-refractivity contribution is 1.38. The van der Waals surface area contributed by atoms with Gasteiger partial charge in [0.15, 0.2) is 0 Å². The first-order chi connectivity index (χ1) is 9.09. The second-order valence-electron chi connectivity index (χ2n) is 4.13. The van der Waals surface area contributed by atoms with E-state index in [2.05, 4.69) is 16.0 Å². The zero-order chi connectivity index (χ0) is 13.8. The summed E-state index contributed by atoms with van der Waals surface area (Å²) in [7, 11) is 0. The lowest BCUT2D eigenvalue weighted by Gasteiger charge is -2.00. The van der Waals surface area contributed by atoms with Gasteiger partial charge in [0.05, 0.1) is 21.4 Å². The molecule has 4 heteroatoms. The predicted octanol–water partition coefficient (Wildman–Crippen LogP) is 5.75. The fraction of sp³-hybridized carbons (Fsp3) is 0.133. The summed E-state index contributed by atoms with van der Waals surface area (Å²) in [6, 6.07) is 13.9. The Labute approximate surface area is 122 Å². The molecule has 0 aliphatic carbocycles. The number of aryl methyl sites for hydroxylation is 2. The third-order valence-electron chi connectivity index (χ3n) is 2.70. The van der Waals surface area contributed by atoms with E-state index < -0.39 is 0 Å². The molecule has 0 aliphatic heterocycles. The van der Waals surface area contributed by atoms with Gasteiger partial charge in [0, 0.05) is 0 Å². The lowest BCUT2D eigenvalue weighted by atomic mass is 10.2. The maximum Gasteiger partial charge on any atom is 0.101 e. The fourth-order valence-corrected chi connectivity index (χ4v) is 2.18. The van der Waals surface area contributed by atoms with Crippen LogP contribution in [0, 0.1) is 13.8 Å². The van der Waals surface area contributed by atoms with E-state index >= 15 is 0 Å². The molecule has 2 aromatic rings. The van der Waals surface area contributed by atoms with Crippen LogP contribution in [0.3, 0.4) is 0 Å². The minimum Gasteiger partial charge on any atom is -0.186 e. The van der Waals surface area contributed by atoms with E-state index in [0.717, 1.165) is 11.1 Å². The van der Waals surface area contributed by atoms with Crippen LogP contribution in [0.15, 0.2) is 46.4 Å². The molecule has 2 rings (SSSR count). The molecule has 0 amide bonds. The molecule has 0 saturated heterocycles.